The maximum Gasteiger partial charge on any atom is 0.272 e. The van der Waals surface area contributed by atoms with Gasteiger partial charge in [0.1, 0.15) is 11.5 Å². The van der Waals surface area contributed by atoms with Crippen molar-refractivity contribution >= 4 is 17.7 Å². The van der Waals surface area contributed by atoms with Gasteiger partial charge in [0.15, 0.2) is 5.16 Å². The number of halogens is 1. The molecule has 2 rings (SSSR count). The molecule has 0 spiro atoms. The Morgan fingerprint density at radius 3 is 2.77 bits per heavy atom. The number of aromatic nitrogens is 2. The van der Waals surface area contributed by atoms with Gasteiger partial charge in [-0.1, -0.05) is 30.8 Å². The Balaban J connectivity index is 2.16. The topological polar surface area (TPSA) is 46.1 Å². The first-order valence-corrected chi connectivity index (χ1v) is 7.96. The van der Waals surface area contributed by atoms with Crippen LogP contribution in [0.2, 0.25) is 0 Å². The van der Waals surface area contributed by atoms with Crippen molar-refractivity contribution in [2.75, 3.05) is 12.8 Å². The van der Waals surface area contributed by atoms with Gasteiger partial charge in [-0.15, -0.1) is 0 Å². The van der Waals surface area contributed by atoms with Gasteiger partial charge in [0.05, 0.1) is 0 Å². The van der Waals surface area contributed by atoms with Crippen molar-refractivity contribution in [2.24, 2.45) is 0 Å². The molecule has 22 heavy (non-hydrogen) atoms. The van der Waals surface area contributed by atoms with E-state index in [0.717, 1.165) is 17.0 Å². The fourth-order valence-electron chi connectivity index (χ4n) is 2.02. The number of hydrogen-bond acceptors (Lipinski definition) is 4. The van der Waals surface area contributed by atoms with E-state index in [4.69, 9.17) is 0 Å². The Labute approximate surface area is 133 Å². The molecule has 0 N–H and O–H groups in total. The molecular weight excluding hydrogens is 301 g/mol. The van der Waals surface area contributed by atoms with Crippen LogP contribution in [0.3, 0.4) is 0 Å². The van der Waals surface area contributed by atoms with Gasteiger partial charge in [-0.25, -0.2) is 14.4 Å². The first-order valence-electron chi connectivity index (χ1n) is 6.98. The highest BCUT2D eigenvalue weighted by molar-refractivity contribution is 7.99. The molecule has 1 amide bonds. The van der Waals surface area contributed by atoms with Gasteiger partial charge >= 0.3 is 0 Å². The predicted molar refractivity (Wildman–Crippen MR) is 85.4 cm³/mol. The summed E-state index contributed by atoms with van der Waals surface area (Å²) in [6.45, 7) is 4.18. The summed E-state index contributed by atoms with van der Waals surface area (Å²) in [4.78, 5) is 22.6. The summed E-state index contributed by atoms with van der Waals surface area (Å²) in [5, 5.41) is 0.602. The third-order valence-corrected chi connectivity index (χ3v) is 3.71. The van der Waals surface area contributed by atoms with Crippen molar-refractivity contribution in [3.8, 4) is 0 Å². The first-order chi connectivity index (χ1) is 10.5. The Kier molecular flexibility index (Phi) is 5.49. The summed E-state index contributed by atoms with van der Waals surface area (Å²) >= 11 is 1.50. The van der Waals surface area contributed by atoms with Gasteiger partial charge in [-0.2, -0.15) is 0 Å². The van der Waals surface area contributed by atoms with Crippen LogP contribution in [0.25, 0.3) is 0 Å². The molecule has 0 unspecified atom stereocenters. The Hall–Kier alpha value is -1.95. The molecule has 1 aromatic carbocycles. The van der Waals surface area contributed by atoms with Crippen LogP contribution < -0.4 is 0 Å². The van der Waals surface area contributed by atoms with Gasteiger partial charge in [0.25, 0.3) is 5.91 Å². The number of nitrogens with zero attached hydrogens (tertiary/aromatic N) is 3. The second kappa shape index (κ2) is 7.35. The van der Waals surface area contributed by atoms with E-state index in [1.54, 1.807) is 25.2 Å². The third kappa shape index (κ3) is 4.27. The van der Waals surface area contributed by atoms with Crippen molar-refractivity contribution in [1.29, 1.82) is 0 Å². The molecule has 0 saturated carbocycles. The minimum atomic E-state index is -0.308. The van der Waals surface area contributed by atoms with Gasteiger partial charge in [-0.3, -0.25) is 4.79 Å². The largest absolute Gasteiger partial charge is 0.336 e. The third-order valence-electron chi connectivity index (χ3n) is 2.98. The lowest BCUT2D eigenvalue weighted by atomic mass is 10.2. The van der Waals surface area contributed by atoms with Crippen LogP contribution in [0, 0.1) is 12.7 Å². The monoisotopic (exact) mass is 319 g/mol. The second-order valence-electron chi connectivity index (χ2n) is 4.90. The summed E-state index contributed by atoms with van der Waals surface area (Å²) in [5.74, 6) is 0.335. The lowest BCUT2D eigenvalue weighted by Gasteiger charge is -2.17. The first kappa shape index (κ1) is 16.4. The van der Waals surface area contributed by atoms with E-state index >= 15 is 0 Å². The Morgan fingerprint density at radius 2 is 2.09 bits per heavy atom. The van der Waals surface area contributed by atoms with Crippen LogP contribution in [-0.2, 0) is 6.54 Å². The molecule has 4 nitrogen and oxygen atoms in total. The number of thioether (sulfide) groups is 1. The molecule has 0 atom stereocenters. The number of rotatable bonds is 5. The maximum absolute atomic E-state index is 13.2. The lowest BCUT2D eigenvalue weighted by Crippen LogP contribution is -2.27. The predicted octanol–water partition coefficient (Wildman–Crippen LogP) is 3.31. The molecule has 1 aromatic heterocycles. The normalized spacial score (nSPS) is 10.5. The molecule has 0 bridgehead atoms. The van der Waals surface area contributed by atoms with Gasteiger partial charge in [0.2, 0.25) is 0 Å². The SMILES string of the molecule is CCSc1nc(C)cc(C(=O)N(C)Cc2cccc(F)c2)n1. The van der Waals surface area contributed by atoms with Crippen molar-refractivity contribution in [3.05, 3.63) is 53.1 Å². The van der Waals surface area contributed by atoms with Crippen LogP contribution in [0.15, 0.2) is 35.5 Å². The van der Waals surface area contributed by atoms with Crippen LogP contribution in [0.1, 0.15) is 28.7 Å². The van der Waals surface area contributed by atoms with Gasteiger partial charge < -0.3 is 4.90 Å². The van der Waals surface area contributed by atoms with Crippen molar-refractivity contribution in [3.63, 3.8) is 0 Å². The van der Waals surface area contributed by atoms with Gasteiger partial charge in [0, 0.05) is 19.3 Å². The molecule has 1 heterocycles. The van der Waals surface area contributed by atoms with Crippen molar-refractivity contribution in [1.82, 2.24) is 14.9 Å². The van der Waals surface area contributed by atoms with Gasteiger partial charge in [-0.05, 0) is 36.4 Å². The number of hydrogen-bond donors (Lipinski definition) is 0. The minimum absolute atomic E-state index is 0.201. The zero-order valence-electron chi connectivity index (χ0n) is 12.8. The highest BCUT2D eigenvalue weighted by atomic mass is 32.2. The fraction of sp³-hybridized carbons (Fsp3) is 0.312. The van der Waals surface area contributed by atoms with E-state index < -0.39 is 0 Å². The minimum Gasteiger partial charge on any atom is -0.336 e. The molecule has 0 fully saturated rings. The summed E-state index contributed by atoms with van der Waals surface area (Å²) in [6, 6.07) is 7.90. The number of aryl methyl sites for hydroxylation is 1. The van der Waals surface area contributed by atoms with Crippen LogP contribution in [0.4, 0.5) is 4.39 Å². The zero-order valence-corrected chi connectivity index (χ0v) is 13.7. The lowest BCUT2D eigenvalue weighted by molar-refractivity contribution is 0.0778. The maximum atomic E-state index is 13.2. The number of carbonyl (C=O) groups is 1. The van der Waals surface area contributed by atoms with E-state index in [2.05, 4.69) is 9.97 Å². The molecule has 6 heteroatoms. The average Bonchev–Trinajstić information content (AvgIpc) is 2.46. The summed E-state index contributed by atoms with van der Waals surface area (Å²) in [5.41, 5.74) is 1.86. The highest BCUT2D eigenvalue weighted by Crippen LogP contribution is 2.15. The molecule has 0 aliphatic carbocycles. The molecular formula is C16H18FN3OS. The molecule has 0 aliphatic heterocycles. The summed E-state index contributed by atoms with van der Waals surface area (Å²) in [7, 11) is 1.68. The number of carbonyl (C=O) groups excluding carboxylic acids is 1. The molecule has 0 radical (unpaired) electrons. The fourth-order valence-corrected chi connectivity index (χ4v) is 2.65. The van der Waals surface area contributed by atoms with E-state index in [-0.39, 0.29) is 11.7 Å². The molecule has 116 valence electrons. The van der Waals surface area contributed by atoms with E-state index in [1.807, 2.05) is 13.8 Å². The number of amides is 1. The molecule has 0 aliphatic rings. The molecule has 2 aromatic rings. The second-order valence-corrected chi connectivity index (χ2v) is 6.13. The number of benzene rings is 1. The smallest absolute Gasteiger partial charge is 0.272 e. The standard InChI is InChI=1S/C16H18FN3OS/c1-4-22-16-18-11(2)8-14(19-16)15(21)20(3)10-12-6-5-7-13(17)9-12/h5-9H,4,10H2,1-3H3. The Morgan fingerprint density at radius 1 is 1.32 bits per heavy atom. The quantitative estimate of drug-likeness (QED) is 0.626. The highest BCUT2D eigenvalue weighted by Gasteiger charge is 2.15. The van der Waals surface area contributed by atoms with Crippen molar-refractivity contribution in [2.45, 2.75) is 25.5 Å². The van der Waals surface area contributed by atoms with Crippen LogP contribution in [0.5, 0.6) is 0 Å². The average molecular weight is 319 g/mol. The van der Waals surface area contributed by atoms with Crippen LogP contribution >= 0.6 is 11.8 Å². The zero-order chi connectivity index (χ0) is 16.1. The van der Waals surface area contributed by atoms with Crippen molar-refractivity contribution < 1.29 is 9.18 Å². The van der Waals surface area contributed by atoms with E-state index in [1.165, 1.54) is 28.8 Å². The van der Waals surface area contributed by atoms with E-state index in [9.17, 15) is 9.18 Å². The summed E-state index contributed by atoms with van der Waals surface area (Å²) < 4.78 is 13.2. The summed E-state index contributed by atoms with van der Waals surface area (Å²) in [6.07, 6.45) is 0. The van der Waals surface area contributed by atoms with E-state index in [0.29, 0.717) is 17.4 Å². The van der Waals surface area contributed by atoms with Crippen LogP contribution in [-0.4, -0.2) is 33.6 Å². The molecule has 0 saturated heterocycles. The Bertz CT molecular complexity index is 678.